The van der Waals surface area contributed by atoms with Gasteiger partial charge < -0.3 is 16.0 Å². The molecule has 0 aromatic heterocycles. The molecule has 0 bridgehead atoms. The Morgan fingerprint density at radius 2 is 1.54 bits per heavy atom. The average Bonchev–Trinajstić information content (AvgIpc) is 2.17. The fourth-order valence-electron chi connectivity index (χ4n) is 1.33. The highest BCUT2D eigenvalue weighted by Crippen LogP contribution is 2.27. The molecule has 13 heavy (non-hydrogen) atoms. The highest BCUT2D eigenvalue weighted by atomic mass is 28.1. The Labute approximate surface area is 82.3 Å². The van der Waals surface area contributed by atoms with E-state index in [-0.39, 0.29) is 0 Å². The lowest BCUT2D eigenvalue weighted by molar-refractivity contribution is 1.43. The van der Waals surface area contributed by atoms with Crippen molar-refractivity contribution < 1.29 is 0 Å². The van der Waals surface area contributed by atoms with Crippen molar-refractivity contribution in [2.75, 3.05) is 37.1 Å². The van der Waals surface area contributed by atoms with E-state index >= 15 is 0 Å². The molecule has 0 heterocycles. The van der Waals surface area contributed by atoms with Crippen molar-refractivity contribution in [1.29, 1.82) is 0 Å². The molecule has 0 aliphatic rings. The van der Waals surface area contributed by atoms with Crippen molar-refractivity contribution in [2.45, 2.75) is 0 Å². The van der Waals surface area contributed by atoms with Gasteiger partial charge in [0, 0.05) is 21.1 Å². The van der Waals surface area contributed by atoms with E-state index < -0.39 is 0 Å². The van der Waals surface area contributed by atoms with Crippen LogP contribution in [-0.4, -0.2) is 31.4 Å². The third-order valence-electron chi connectivity index (χ3n) is 1.97. The third kappa shape index (κ3) is 1.77. The predicted molar refractivity (Wildman–Crippen MR) is 60.5 cm³/mol. The Kier molecular flexibility index (Phi) is 3.19. The van der Waals surface area contributed by atoms with E-state index in [1.807, 2.05) is 33.3 Å². The third-order valence-corrected chi connectivity index (χ3v) is 2.39. The molecule has 3 radical (unpaired) electrons. The van der Waals surface area contributed by atoms with Gasteiger partial charge >= 0.3 is 0 Å². The molecule has 1 rings (SSSR count). The number of hydrogen-bond acceptors (Lipinski definition) is 3. The van der Waals surface area contributed by atoms with E-state index in [0.717, 1.165) is 22.2 Å². The van der Waals surface area contributed by atoms with E-state index in [1.165, 1.54) is 0 Å². The lowest BCUT2D eigenvalue weighted by atomic mass is 10.2. The normalized spacial score (nSPS) is 9.54. The standard InChI is InChI=1S/C9H14N3Si/c1-10-6-4-5-7(13)9(12-3)8(6)11-2/h4-5,10-12H,1-3H3. The summed E-state index contributed by atoms with van der Waals surface area (Å²) >= 11 is 0. The Balaban J connectivity index is 3.27. The van der Waals surface area contributed by atoms with E-state index in [9.17, 15) is 0 Å². The molecule has 1 aromatic rings. The molecule has 69 valence electrons. The zero-order valence-corrected chi connectivity index (χ0v) is 9.15. The van der Waals surface area contributed by atoms with Crippen LogP contribution in [0.2, 0.25) is 0 Å². The van der Waals surface area contributed by atoms with Gasteiger partial charge in [0.1, 0.15) is 0 Å². The second kappa shape index (κ2) is 4.18. The Morgan fingerprint density at radius 3 is 2.00 bits per heavy atom. The summed E-state index contributed by atoms with van der Waals surface area (Å²) in [5.41, 5.74) is 3.21. The smallest absolute Gasteiger partial charge is 0.0807 e. The molecule has 0 spiro atoms. The molecular weight excluding hydrogens is 178 g/mol. The molecule has 0 saturated heterocycles. The van der Waals surface area contributed by atoms with Gasteiger partial charge in [0.05, 0.1) is 27.3 Å². The lowest BCUT2D eigenvalue weighted by Gasteiger charge is -2.16. The van der Waals surface area contributed by atoms with Crippen LogP contribution in [0.25, 0.3) is 0 Å². The number of rotatable bonds is 3. The Morgan fingerprint density at radius 1 is 0.923 bits per heavy atom. The van der Waals surface area contributed by atoms with Crippen molar-refractivity contribution >= 4 is 32.5 Å². The van der Waals surface area contributed by atoms with Gasteiger partial charge in [0.15, 0.2) is 0 Å². The lowest BCUT2D eigenvalue weighted by Crippen LogP contribution is -2.13. The molecule has 3 nitrogen and oxygen atoms in total. The zero-order valence-electron chi connectivity index (χ0n) is 8.15. The quantitative estimate of drug-likeness (QED) is 0.614. The topological polar surface area (TPSA) is 36.1 Å². The van der Waals surface area contributed by atoms with Crippen LogP contribution >= 0.6 is 0 Å². The summed E-state index contributed by atoms with van der Waals surface area (Å²) in [6.07, 6.45) is 0. The fourth-order valence-corrected chi connectivity index (χ4v) is 1.66. The first-order valence-corrected chi connectivity index (χ1v) is 4.66. The molecular formula is C9H14N3Si. The summed E-state index contributed by atoms with van der Waals surface area (Å²) in [6.45, 7) is 0. The van der Waals surface area contributed by atoms with Gasteiger partial charge in [0.2, 0.25) is 0 Å². The number of hydrogen-bond donors (Lipinski definition) is 3. The molecule has 3 N–H and O–H groups in total. The van der Waals surface area contributed by atoms with Crippen LogP contribution in [-0.2, 0) is 0 Å². The average molecular weight is 192 g/mol. The van der Waals surface area contributed by atoms with Crippen LogP contribution in [0.15, 0.2) is 12.1 Å². The molecule has 0 amide bonds. The van der Waals surface area contributed by atoms with Crippen molar-refractivity contribution in [3.63, 3.8) is 0 Å². The predicted octanol–water partition coefficient (Wildman–Crippen LogP) is 0.605. The molecule has 0 atom stereocenters. The van der Waals surface area contributed by atoms with E-state index in [1.54, 1.807) is 0 Å². The fraction of sp³-hybridized carbons (Fsp3) is 0.333. The summed E-state index contributed by atoms with van der Waals surface area (Å²) in [5, 5.41) is 10.5. The summed E-state index contributed by atoms with van der Waals surface area (Å²) < 4.78 is 0. The van der Waals surface area contributed by atoms with E-state index in [2.05, 4.69) is 26.2 Å². The molecule has 1 aromatic carbocycles. The summed E-state index contributed by atoms with van der Waals surface area (Å²) in [5.74, 6) is 0. The molecule has 0 aliphatic heterocycles. The molecule has 0 aliphatic carbocycles. The Hall–Kier alpha value is -1.16. The first-order chi connectivity index (χ1) is 6.24. The maximum atomic E-state index is 3.53. The maximum absolute atomic E-state index is 3.53. The highest BCUT2D eigenvalue weighted by molar-refractivity contribution is 6.37. The first-order valence-electron chi connectivity index (χ1n) is 4.16. The number of benzene rings is 1. The second-order valence-corrected chi connectivity index (χ2v) is 3.20. The highest BCUT2D eigenvalue weighted by Gasteiger charge is 2.06. The SMILES string of the molecule is CNc1ccc([Si])c(NC)c1NC. The minimum Gasteiger partial charge on any atom is -0.387 e. The van der Waals surface area contributed by atoms with E-state index in [0.29, 0.717) is 0 Å². The number of anilines is 3. The zero-order chi connectivity index (χ0) is 9.84. The van der Waals surface area contributed by atoms with Crippen LogP contribution in [0.5, 0.6) is 0 Å². The monoisotopic (exact) mass is 192 g/mol. The van der Waals surface area contributed by atoms with Gasteiger partial charge in [-0.05, 0) is 11.3 Å². The summed E-state index contributed by atoms with van der Waals surface area (Å²) in [7, 11) is 9.25. The number of nitrogens with one attached hydrogen (secondary N) is 3. The van der Waals surface area contributed by atoms with Crippen LogP contribution in [0.3, 0.4) is 0 Å². The summed E-state index contributed by atoms with van der Waals surface area (Å²) in [6, 6.07) is 4.03. The van der Waals surface area contributed by atoms with Crippen LogP contribution in [0.4, 0.5) is 17.1 Å². The van der Waals surface area contributed by atoms with Crippen molar-refractivity contribution in [3.8, 4) is 0 Å². The van der Waals surface area contributed by atoms with Gasteiger partial charge in [-0.2, -0.15) is 0 Å². The van der Waals surface area contributed by atoms with Crippen molar-refractivity contribution in [2.24, 2.45) is 0 Å². The summed E-state index contributed by atoms with van der Waals surface area (Å²) in [4.78, 5) is 0. The van der Waals surface area contributed by atoms with Gasteiger partial charge in [-0.1, -0.05) is 6.07 Å². The minimum absolute atomic E-state index is 1.05. The van der Waals surface area contributed by atoms with Crippen LogP contribution in [0, 0.1) is 0 Å². The van der Waals surface area contributed by atoms with Crippen LogP contribution < -0.4 is 21.1 Å². The van der Waals surface area contributed by atoms with E-state index in [4.69, 9.17) is 0 Å². The first kappa shape index (κ1) is 9.92. The van der Waals surface area contributed by atoms with Gasteiger partial charge in [-0.25, -0.2) is 0 Å². The van der Waals surface area contributed by atoms with Crippen molar-refractivity contribution in [3.05, 3.63) is 12.1 Å². The second-order valence-electron chi connectivity index (χ2n) is 2.66. The largest absolute Gasteiger partial charge is 0.387 e. The van der Waals surface area contributed by atoms with Crippen molar-refractivity contribution in [1.82, 2.24) is 0 Å². The molecule has 0 fully saturated rings. The molecule has 0 unspecified atom stereocenters. The maximum Gasteiger partial charge on any atom is 0.0807 e. The van der Waals surface area contributed by atoms with Gasteiger partial charge in [-0.15, -0.1) is 0 Å². The minimum atomic E-state index is 1.05. The van der Waals surface area contributed by atoms with Crippen LogP contribution in [0.1, 0.15) is 0 Å². The van der Waals surface area contributed by atoms with Gasteiger partial charge in [0.25, 0.3) is 0 Å². The van der Waals surface area contributed by atoms with Gasteiger partial charge in [-0.3, -0.25) is 0 Å². The molecule has 4 heteroatoms. The molecule has 0 saturated carbocycles. The Bertz CT molecular complexity index is 299.